The average molecular weight is 208 g/mol. The Hall–Kier alpha value is -0.860. The lowest BCUT2D eigenvalue weighted by molar-refractivity contribution is -0.129. The average Bonchev–Trinajstić information content (AvgIpc) is 2.28. The molecule has 0 bridgehead atoms. The fraction of sp³-hybridized carbons (Fsp3) is 0.538. The van der Waals surface area contributed by atoms with Crippen molar-refractivity contribution in [1.29, 1.82) is 0 Å². The van der Waals surface area contributed by atoms with Crippen LogP contribution in [0.1, 0.15) is 25.8 Å². The molecule has 1 aromatic carbocycles. The molecule has 0 aromatic heterocycles. The third kappa shape index (κ3) is 5.55. The van der Waals surface area contributed by atoms with Gasteiger partial charge in [-0.1, -0.05) is 37.3 Å². The van der Waals surface area contributed by atoms with Crippen LogP contribution < -0.4 is 0 Å². The molecular formula is C13H20O2. The SMILES string of the molecule is CCCOC(C)OCCc1ccccc1. The Kier molecular flexibility index (Phi) is 6.05. The Morgan fingerprint density at radius 3 is 2.40 bits per heavy atom. The van der Waals surface area contributed by atoms with Crippen molar-refractivity contribution >= 4 is 0 Å². The van der Waals surface area contributed by atoms with Gasteiger partial charge < -0.3 is 9.47 Å². The molecule has 0 aliphatic carbocycles. The second kappa shape index (κ2) is 7.43. The molecule has 2 heteroatoms. The molecule has 0 spiro atoms. The molecule has 0 heterocycles. The summed E-state index contributed by atoms with van der Waals surface area (Å²) in [5.74, 6) is 0. The van der Waals surface area contributed by atoms with E-state index in [-0.39, 0.29) is 6.29 Å². The minimum atomic E-state index is -0.0892. The second-order valence-electron chi connectivity index (χ2n) is 3.54. The fourth-order valence-electron chi connectivity index (χ4n) is 1.32. The van der Waals surface area contributed by atoms with Gasteiger partial charge in [-0.25, -0.2) is 0 Å². The van der Waals surface area contributed by atoms with Crippen molar-refractivity contribution in [3.8, 4) is 0 Å². The summed E-state index contributed by atoms with van der Waals surface area (Å²) in [4.78, 5) is 0. The van der Waals surface area contributed by atoms with Crippen LogP contribution in [0.3, 0.4) is 0 Å². The number of rotatable bonds is 7. The molecule has 0 radical (unpaired) electrons. The van der Waals surface area contributed by atoms with E-state index in [2.05, 4.69) is 19.1 Å². The molecule has 1 atom stereocenters. The first kappa shape index (κ1) is 12.2. The minimum absolute atomic E-state index is 0.0892. The largest absolute Gasteiger partial charge is 0.353 e. The lowest BCUT2D eigenvalue weighted by Gasteiger charge is -2.13. The maximum Gasteiger partial charge on any atom is 0.154 e. The van der Waals surface area contributed by atoms with Gasteiger partial charge in [0.1, 0.15) is 0 Å². The van der Waals surface area contributed by atoms with E-state index in [1.165, 1.54) is 5.56 Å². The van der Waals surface area contributed by atoms with Crippen LogP contribution in [0, 0.1) is 0 Å². The highest BCUT2D eigenvalue weighted by molar-refractivity contribution is 5.14. The summed E-state index contributed by atoms with van der Waals surface area (Å²) in [5.41, 5.74) is 1.31. The smallest absolute Gasteiger partial charge is 0.154 e. The Balaban J connectivity index is 2.11. The fourth-order valence-corrected chi connectivity index (χ4v) is 1.32. The monoisotopic (exact) mass is 208 g/mol. The highest BCUT2D eigenvalue weighted by Gasteiger charge is 2.00. The molecule has 0 fully saturated rings. The van der Waals surface area contributed by atoms with Gasteiger partial charge in [-0.15, -0.1) is 0 Å². The highest BCUT2D eigenvalue weighted by Crippen LogP contribution is 2.01. The van der Waals surface area contributed by atoms with E-state index in [1.54, 1.807) is 0 Å². The first-order chi connectivity index (χ1) is 7.33. The molecule has 0 aliphatic rings. The van der Waals surface area contributed by atoms with Crippen LogP contribution in [0.5, 0.6) is 0 Å². The van der Waals surface area contributed by atoms with Gasteiger partial charge in [0.05, 0.1) is 6.61 Å². The number of hydrogen-bond donors (Lipinski definition) is 0. The van der Waals surface area contributed by atoms with Crippen LogP contribution in [0.2, 0.25) is 0 Å². The van der Waals surface area contributed by atoms with E-state index >= 15 is 0 Å². The van der Waals surface area contributed by atoms with E-state index in [0.717, 1.165) is 26.1 Å². The number of ether oxygens (including phenoxy) is 2. The third-order valence-electron chi connectivity index (χ3n) is 2.14. The molecular weight excluding hydrogens is 188 g/mol. The van der Waals surface area contributed by atoms with Crippen LogP contribution in [0.25, 0.3) is 0 Å². The van der Waals surface area contributed by atoms with Gasteiger partial charge in [0, 0.05) is 6.61 Å². The van der Waals surface area contributed by atoms with Crippen LogP contribution in [-0.2, 0) is 15.9 Å². The zero-order valence-corrected chi connectivity index (χ0v) is 9.61. The standard InChI is InChI=1S/C13H20O2/c1-3-10-14-12(2)15-11-9-13-7-5-4-6-8-13/h4-8,12H,3,9-11H2,1-2H3. The van der Waals surface area contributed by atoms with Crippen molar-refractivity contribution in [3.63, 3.8) is 0 Å². The number of hydrogen-bond acceptors (Lipinski definition) is 2. The second-order valence-corrected chi connectivity index (χ2v) is 3.54. The Morgan fingerprint density at radius 2 is 1.73 bits per heavy atom. The molecule has 84 valence electrons. The van der Waals surface area contributed by atoms with E-state index in [1.807, 2.05) is 25.1 Å². The van der Waals surface area contributed by atoms with Gasteiger partial charge in [0.15, 0.2) is 6.29 Å². The number of benzene rings is 1. The molecule has 0 N–H and O–H groups in total. The normalized spacial score (nSPS) is 12.7. The van der Waals surface area contributed by atoms with Gasteiger partial charge in [-0.2, -0.15) is 0 Å². The van der Waals surface area contributed by atoms with Gasteiger partial charge >= 0.3 is 0 Å². The Labute approximate surface area is 92.2 Å². The van der Waals surface area contributed by atoms with Gasteiger partial charge in [0.25, 0.3) is 0 Å². The molecule has 1 rings (SSSR count). The maximum atomic E-state index is 5.53. The summed E-state index contributed by atoms with van der Waals surface area (Å²) in [7, 11) is 0. The molecule has 0 amide bonds. The van der Waals surface area contributed by atoms with Crippen molar-refractivity contribution < 1.29 is 9.47 Å². The third-order valence-corrected chi connectivity index (χ3v) is 2.14. The van der Waals surface area contributed by atoms with Crippen molar-refractivity contribution in [3.05, 3.63) is 35.9 Å². The first-order valence-electron chi connectivity index (χ1n) is 5.60. The van der Waals surface area contributed by atoms with Gasteiger partial charge in [0.2, 0.25) is 0 Å². The summed E-state index contributed by atoms with van der Waals surface area (Å²) in [6, 6.07) is 10.3. The molecule has 1 aromatic rings. The van der Waals surface area contributed by atoms with E-state index in [0.29, 0.717) is 0 Å². The lowest BCUT2D eigenvalue weighted by Crippen LogP contribution is -2.15. The van der Waals surface area contributed by atoms with Crippen LogP contribution in [-0.4, -0.2) is 19.5 Å². The quantitative estimate of drug-likeness (QED) is 0.641. The molecule has 15 heavy (non-hydrogen) atoms. The lowest BCUT2D eigenvalue weighted by atomic mass is 10.2. The molecule has 0 saturated carbocycles. The summed E-state index contributed by atoms with van der Waals surface area (Å²) in [5, 5.41) is 0. The van der Waals surface area contributed by atoms with E-state index in [9.17, 15) is 0 Å². The molecule has 1 unspecified atom stereocenters. The summed E-state index contributed by atoms with van der Waals surface area (Å²) >= 11 is 0. The molecule has 0 saturated heterocycles. The first-order valence-corrected chi connectivity index (χ1v) is 5.60. The predicted molar refractivity (Wildman–Crippen MR) is 61.8 cm³/mol. The van der Waals surface area contributed by atoms with Gasteiger partial charge in [-0.3, -0.25) is 0 Å². The zero-order chi connectivity index (χ0) is 10.9. The summed E-state index contributed by atoms with van der Waals surface area (Å²) in [6.07, 6.45) is 1.89. The zero-order valence-electron chi connectivity index (χ0n) is 9.61. The van der Waals surface area contributed by atoms with Gasteiger partial charge in [-0.05, 0) is 25.3 Å². The Morgan fingerprint density at radius 1 is 1.07 bits per heavy atom. The molecule has 2 nitrogen and oxygen atoms in total. The van der Waals surface area contributed by atoms with Crippen molar-refractivity contribution in [2.45, 2.75) is 33.0 Å². The topological polar surface area (TPSA) is 18.5 Å². The molecule has 0 aliphatic heterocycles. The summed E-state index contributed by atoms with van der Waals surface area (Å²) < 4.78 is 10.9. The van der Waals surface area contributed by atoms with Crippen molar-refractivity contribution in [1.82, 2.24) is 0 Å². The Bertz CT molecular complexity index is 246. The van der Waals surface area contributed by atoms with Crippen LogP contribution in [0.4, 0.5) is 0 Å². The van der Waals surface area contributed by atoms with Crippen molar-refractivity contribution in [2.24, 2.45) is 0 Å². The maximum absolute atomic E-state index is 5.53. The van der Waals surface area contributed by atoms with Crippen LogP contribution >= 0.6 is 0 Å². The van der Waals surface area contributed by atoms with Crippen LogP contribution in [0.15, 0.2) is 30.3 Å². The predicted octanol–water partition coefficient (Wildman–Crippen LogP) is 3.02. The minimum Gasteiger partial charge on any atom is -0.353 e. The van der Waals surface area contributed by atoms with E-state index in [4.69, 9.17) is 9.47 Å². The summed E-state index contributed by atoms with van der Waals surface area (Å²) in [6.45, 7) is 5.53. The van der Waals surface area contributed by atoms with Crippen molar-refractivity contribution in [2.75, 3.05) is 13.2 Å². The van der Waals surface area contributed by atoms with E-state index < -0.39 is 0 Å². The highest BCUT2D eigenvalue weighted by atomic mass is 16.7.